The fourth-order valence-corrected chi connectivity index (χ4v) is 6.08. The molecular formula is C27H34N4O6S2Si. The molecule has 0 spiro atoms. The standard InChI is InChI=1S/C27H34N4O6S2Si/c1-6-39(34,35)21-12-10-20(11-13-21)37-26-18-23-25(17-24(26)30-38(2,32)33)31(19-36-15-16-40(3,4)5)27(29-23)22-9-7-8-14-28-22/h7-14,17-18,30H,6,15-16,19H2,1-5H3. The van der Waals surface area contributed by atoms with E-state index in [1.165, 1.54) is 24.3 Å². The summed E-state index contributed by atoms with van der Waals surface area (Å²) in [6.45, 7) is 9.22. The number of hydrogen-bond donors (Lipinski definition) is 1. The minimum atomic E-state index is -3.66. The number of ether oxygens (including phenoxy) is 2. The number of nitrogens with zero attached hydrogens (tertiary/aromatic N) is 3. The van der Waals surface area contributed by atoms with Crippen molar-refractivity contribution in [2.24, 2.45) is 0 Å². The van der Waals surface area contributed by atoms with Crippen molar-refractivity contribution in [1.82, 2.24) is 14.5 Å². The number of sulfone groups is 1. The Morgan fingerprint density at radius 3 is 2.33 bits per heavy atom. The fraction of sp³-hybridized carbons (Fsp3) is 0.333. The lowest BCUT2D eigenvalue weighted by atomic mass is 10.2. The number of imidazole rings is 1. The summed E-state index contributed by atoms with van der Waals surface area (Å²) in [6.07, 6.45) is 2.74. The van der Waals surface area contributed by atoms with Gasteiger partial charge in [0.05, 0.1) is 33.6 Å². The van der Waals surface area contributed by atoms with Crippen molar-refractivity contribution in [2.45, 2.75) is 44.2 Å². The van der Waals surface area contributed by atoms with Gasteiger partial charge in [0.1, 0.15) is 18.2 Å². The maximum atomic E-state index is 12.3. The number of rotatable bonds is 12. The van der Waals surface area contributed by atoms with Crippen molar-refractivity contribution in [2.75, 3.05) is 23.3 Å². The summed E-state index contributed by atoms with van der Waals surface area (Å²) >= 11 is 0. The third-order valence-corrected chi connectivity index (χ3v) is 10.1. The Balaban J connectivity index is 1.78. The third-order valence-electron chi connectivity index (χ3n) is 6.05. The third kappa shape index (κ3) is 7.47. The molecule has 0 amide bonds. The van der Waals surface area contributed by atoms with Crippen LogP contribution >= 0.6 is 0 Å². The van der Waals surface area contributed by atoms with Crippen LogP contribution in [0.25, 0.3) is 22.6 Å². The second-order valence-electron chi connectivity index (χ2n) is 10.6. The number of anilines is 1. The van der Waals surface area contributed by atoms with Gasteiger partial charge in [-0.05, 0) is 48.5 Å². The van der Waals surface area contributed by atoms with E-state index < -0.39 is 27.9 Å². The molecule has 40 heavy (non-hydrogen) atoms. The van der Waals surface area contributed by atoms with E-state index in [0.29, 0.717) is 34.9 Å². The Morgan fingerprint density at radius 2 is 1.73 bits per heavy atom. The van der Waals surface area contributed by atoms with E-state index in [1.54, 1.807) is 25.3 Å². The van der Waals surface area contributed by atoms with Crippen LogP contribution in [0.4, 0.5) is 5.69 Å². The van der Waals surface area contributed by atoms with E-state index in [2.05, 4.69) is 29.3 Å². The van der Waals surface area contributed by atoms with E-state index in [-0.39, 0.29) is 28.8 Å². The molecule has 0 aliphatic carbocycles. The van der Waals surface area contributed by atoms with Gasteiger partial charge < -0.3 is 9.47 Å². The fourth-order valence-electron chi connectivity index (χ4n) is 3.88. The number of sulfonamides is 1. The van der Waals surface area contributed by atoms with Gasteiger partial charge in [-0.2, -0.15) is 0 Å². The largest absolute Gasteiger partial charge is 0.455 e. The van der Waals surface area contributed by atoms with Crippen LogP contribution in [0.5, 0.6) is 11.5 Å². The maximum absolute atomic E-state index is 12.3. The van der Waals surface area contributed by atoms with Gasteiger partial charge in [-0.1, -0.05) is 32.6 Å². The highest BCUT2D eigenvalue weighted by Gasteiger charge is 2.20. The molecule has 0 fully saturated rings. The van der Waals surface area contributed by atoms with Gasteiger partial charge in [0.15, 0.2) is 21.4 Å². The van der Waals surface area contributed by atoms with Crippen LogP contribution in [-0.2, 0) is 31.3 Å². The number of aromatic nitrogens is 3. The Bertz CT molecular complexity index is 1700. The van der Waals surface area contributed by atoms with Crippen LogP contribution < -0.4 is 9.46 Å². The molecular weight excluding hydrogens is 569 g/mol. The normalized spacial score (nSPS) is 12.5. The highest BCUT2D eigenvalue weighted by atomic mass is 32.2. The summed E-state index contributed by atoms with van der Waals surface area (Å²) in [5, 5.41) is 0. The molecule has 2 aromatic heterocycles. The summed E-state index contributed by atoms with van der Waals surface area (Å²) < 4.78 is 65.4. The zero-order valence-electron chi connectivity index (χ0n) is 23.2. The molecule has 214 valence electrons. The van der Waals surface area contributed by atoms with E-state index in [1.807, 2.05) is 22.8 Å². The Hall–Kier alpha value is -3.26. The lowest BCUT2D eigenvalue weighted by molar-refractivity contribution is 0.0909. The molecule has 0 unspecified atom stereocenters. The van der Waals surface area contributed by atoms with Crippen LogP contribution in [0.1, 0.15) is 6.92 Å². The molecule has 4 rings (SSSR count). The molecule has 2 heterocycles. The smallest absolute Gasteiger partial charge is 0.229 e. The first kappa shape index (κ1) is 29.7. The quantitative estimate of drug-likeness (QED) is 0.169. The van der Waals surface area contributed by atoms with Crippen molar-refractivity contribution < 1.29 is 26.3 Å². The molecule has 0 aliphatic rings. The van der Waals surface area contributed by atoms with Crippen LogP contribution in [0.15, 0.2) is 65.7 Å². The van der Waals surface area contributed by atoms with Gasteiger partial charge in [-0.15, -0.1) is 0 Å². The molecule has 13 heteroatoms. The van der Waals surface area contributed by atoms with Gasteiger partial charge in [0, 0.05) is 26.9 Å². The summed E-state index contributed by atoms with van der Waals surface area (Å²) in [4.78, 5) is 9.44. The van der Waals surface area contributed by atoms with E-state index >= 15 is 0 Å². The maximum Gasteiger partial charge on any atom is 0.229 e. The topological polar surface area (TPSA) is 129 Å². The van der Waals surface area contributed by atoms with Crippen molar-refractivity contribution in [3.8, 4) is 23.0 Å². The monoisotopic (exact) mass is 602 g/mol. The zero-order valence-corrected chi connectivity index (χ0v) is 25.8. The minimum Gasteiger partial charge on any atom is -0.455 e. The van der Waals surface area contributed by atoms with Gasteiger partial charge in [-0.25, -0.2) is 21.8 Å². The molecule has 4 aromatic rings. The predicted molar refractivity (Wildman–Crippen MR) is 160 cm³/mol. The van der Waals surface area contributed by atoms with Crippen LogP contribution in [0, 0.1) is 0 Å². The number of hydrogen-bond acceptors (Lipinski definition) is 8. The summed E-state index contributed by atoms with van der Waals surface area (Å²) in [5.74, 6) is 1.10. The number of pyridine rings is 1. The molecule has 0 saturated heterocycles. The number of nitrogens with one attached hydrogen (secondary N) is 1. The molecule has 0 atom stereocenters. The van der Waals surface area contributed by atoms with E-state index in [0.717, 1.165) is 12.3 Å². The molecule has 1 N–H and O–H groups in total. The van der Waals surface area contributed by atoms with Crippen LogP contribution in [-0.4, -0.2) is 58.1 Å². The van der Waals surface area contributed by atoms with Crippen molar-refractivity contribution in [3.63, 3.8) is 0 Å². The second kappa shape index (κ2) is 11.7. The van der Waals surface area contributed by atoms with Gasteiger partial charge in [-0.3, -0.25) is 14.3 Å². The first-order valence-electron chi connectivity index (χ1n) is 12.8. The van der Waals surface area contributed by atoms with Gasteiger partial charge >= 0.3 is 0 Å². The van der Waals surface area contributed by atoms with Crippen molar-refractivity contribution in [3.05, 3.63) is 60.8 Å². The highest BCUT2D eigenvalue weighted by Crippen LogP contribution is 2.36. The zero-order chi connectivity index (χ0) is 29.1. The summed E-state index contributed by atoms with van der Waals surface area (Å²) in [6, 6.07) is 15.8. The molecule has 2 aromatic carbocycles. The van der Waals surface area contributed by atoms with Crippen LogP contribution in [0.3, 0.4) is 0 Å². The number of fused-ring (bicyclic) bond motifs is 1. The highest BCUT2D eigenvalue weighted by molar-refractivity contribution is 7.92. The first-order valence-corrected chi connectivity index (χ1v) is 20.0. The van der Waals surface area contributed by atoms with Crippen molar-refractivity contribution >= 4 is 44.7 Å². The SMILES string of the molecule is CCS(=O)(=O)c1ccc(Oc2cc3nc(-c4ccccn4)n(COCC[Si](C)(C)C)c3cc2NS(C)(=O)=O)cc1. The molecule has 0 radical (unpaired) electrons. The van der Waals surface area contributed by atoms with Gasteiger partial charge in [0.2, 0.25) is 10.0 Å². The lowest BCUT2D eigenvalue weighted by Crippen LogP contribution is -2.22. The predicted octanol–water partition coefficient (Wildman–Crippen LogP) is 5.37. The van der Waals surface area contributed by atoms with E-state index in [9.17, 15) is 16.8 Å². The first-order chi connectivity index (χ1) is 18.8. The Morgan fingerprint density at radius 1 is 1.00 bits per heavy atom. The van der Waals surface area contributed by atoms with Gasteiger partial charge in [0.25, 0.3) is 0 Å². The average Bonchev–Trinajstić information content (AvgIpc) is 3.23. The van der Waals surface area contributed by atoms with E-state index in [4.69, 9.17) is 14.5 Å². The average molecular weight is 603 g/mol. The van der Waals surface area contributed by atoms with Crippen LogP contribution in [0.2, 0.25) is 25.7 Å². The number of benzene rings is 2. The summed E-state index contributed by atoms with van der Waals surface area (Å²) in [7, 11) is -8.33. The Kier molecular flexibility index (Phi) is 8.68. The lowest BCUT2D eigenvalue weighted by Gasteiger charge is -2.17. The Labute approximate surface area is 236 Å². The van der Waals surface area contributed by atoms with Crippen molar-refractivity contribution in [1.29, 1.82) is 0 Å². The molecule has 0 aliphatic heterocycles. The molecule has 0 bridgehead atoms. The molecule has 10 nitrogen and oxygen atoms in total. The minimum absolute atomic E-state index is 0.0184. The molecule has 0 saturated carbocycles. The second-order valence-corrected chi connectivity index (χ2v) is 20.3. The summed E-state index contributed by atoms with van der Waals surface area (Å²) in [5.41, 5.74) is 2.03.